The van der Waals surface area contributed by atoms with Gasteiger partial charge in [0.05, 0.1) is 12.7 Å². The lowest BCUT2D eigenvalue weighted by molar-refractivity contribution is -0.134. The molecule has 0 radical (unpaired) electrons. The number of esters is 1. The van der Waals surface area contributed by atoms with E-state index in [4.69, 9.17) is 0 Å². The van der Waals surface area contributed by atoms with Gasteiger partial charge < -0.3 is 4.74 Å². The van der Waals surface area contributed by atoms with Crippen molar-refractivity contribution < 1.29 is 31.5 Å². The third-order valence-corrected chi connectivity index (χ3v) is 1.83. The second-order valence-corrected chi connectivity index (χ2v) is 2.84. The summed E-state index contributed by atoms with van der Waals surface area (Å²) in [5.41, 5.74) is -1.20. The smallest absolute Gasteiger partial charge is 0.330 e. The van der Waals surface area contributed by atoms with Crippen LogP contribution in [0.15, 0.2) is 6.08 Å². The highest BCUT2D eigenvalue weighted by Crippen LogP contribution is 2.23. The number of carbonyl (C=O) groups is 1. The number of rotatable bonds is 2. The average Bonchev–Trinajstić information content (AvgIpc) is 2.33. The van der Waals surface area contributed by atoms with Crippen LogP contribution in [0.1, 0.15) is 5.56 Å². The molecule has 0 aliphatic rings. The molecule has 1 aromatic carbocycles. The van der Waals surface area contributed by atoms with Crippen molar-refractivity contribution in [1.82, 2.24) is 0 Å². The highest BCUT2D eigenvalue weighted by molar-refractivity contribution is 5.87. The van der Waals surface area contributed by atoms with Crippen LogP contribution < -0.4 is 0 Å². The van der Waals surface area contributed by atoms with Gasteiger partial charge in [0.2, 0.25) is 5.82 Å². The van der Waals surface area contributed by atoms with E-state index in [2.05, 4.69) is 4.74 Å². The van der Waals surface area contributed by atoms with Crippen LogP contribution in [0.5, 0.6) is 0 Å². The zero-order chi connectivity index (χ0) is 13.2. The molecule has 0 saturated heterocycles. The van der Waals surface area contributed by atoms with Crippen molar-refractivity contribution in [2.45, 2.75) is 0 Å². The largest absolute Gasteiger partial charge is 0.466 e. The second-order valence-electron chi connectivity index (χ2n) is 2.84. The van der Waals surface area contributed by atoms with Crippen molar-refractivity contribution in [2.75, 3.05) is 7.11 Å². The van der Waals surface area contributed by atoms with Gasteiger partial charge in [0.15, 0.2) is 23.3 Å². The first-order chi connectivity index (χ1) is 7.90. The Morgan fingerprint density at radius 3 is 1.76 bits per heavy atom. The topological polar surface area (TPSA) is 26.3 Å². The van der Waals surface area contributed by atoms with Crippen molar-refractivity contribution in [3.8, 4) is 0 Å². The molecule has 92 valence electrons. The molecule has 0 saturated carbocycles. The highest BCUT2D eigenvalue weighted by Gasteiger charge is 2.24. The van der Waals surface area contributed by atoms with Gasteiger partial charge >= 0.3 is 5.97 Å². The summed E-state index contributed by atoms with van der Waals surface area (Å²) in [6, 6.07) is 0. The maximum Gasteiger partial charge on any atom is 0.330 e. The monoisotopic (exact) mass is 252 g/mol. The Morgan fingerprint density at radius 2 is 1.35 bits per heavy atom. The number of hydrogen-bond donors (Lipinski definition) is 0. The fourth-order valence-electron chi connectivity index (χ4n) is 0.988. The number of halogens is 5. The third kappa shape index (κ3) is 2.43. The summed E-state index contributed by atoms with van der Waals surface area (Å²) in [5, 5.41) is 0. The Kier molecular flexibility index (Phi) is 3.82. The summed E-state index contributed by atoms with van der Waals surface area (Å²) in [6.07, 6.45) is 0.986. The van der Waals surface area contributed by atoms with E-state index in [1.807, 2.05) is 0 Å². The minimum Gasteiger partial charge on any atom is -0.466 e. The van der Waals surface area contributed by atoms with Crippen molar-refractivity contribution in [1.29, 1.82) is 0 Å². The fraction of sp³-hybridized carbons (Fsp3) is 0.100. The van der Waals surface area contributed by atoms with Gasteiger partial charge in [0, 0.05) is 6.08 Å². The maximum absolute atomic E-state index is 13.0. The van der Waals surface area contributed by atoms with Crippen LogP contribution in [0.2, 0.25) is 0 Å². The quantitative estimate of drug-likeness (QED) is 0.266. The van der Waals surface area contributed by atoms with Gasteiger partial charge in [0.25, 0.3) is 0 Å². The molecule has 0 spiro atoms. The maximum atomic E-state index is 13.0. The van der Waals surface area contributed by atoms with Crippen LogP contribution in [0.4, 0.5) is 22.0 Å². The Hall–Kier alpha value is -1.92. The predicted octanol–water partition coefficient (Wildman–Crippen LogP) is 2.57. The molecule has 0 heterocycles. The number of ether oxygens (including phenoxy) is 1. The predicted molar refractivity (Wildman–Crippen MR) is 47.3 cm³/mol. The first kappa shape index (κ1) is 13.1. The van der Waals surface area contributed by atoms with Crippen LogP contribution in [-0.4, -0.2) is 13.1 Å². The Bertz CT molecular complexity index is 467. The van der Waals surface area contributed by atoms with Gasteiger partial charge in [-0.3, -0.25) is 0 Å². The van der Waals surface area contributed by atoms with Crippen LogP contribution in [0, 0.1) is 29.1 Å². The summed E-state index contributed by atoms with van der Waals surface area (Å²) >= 11 is 0. The molecule has 0 N–H and O–H groups in total. The normalized spacial score (nSPS) is 10.9. The van der Waals surface area contributed by atoms with Crippen molar-refractivity contribution >= 4 is 12.0 Å². The van der Waals surface area contributed by atoms with Gasteiger partial charge in [-0.1, -0.05) is 0 Å². The van der Waals surface area contributed by atoms with Gasteiger partial charge in [-0.15, -0.1) is 0 Å². The molecule has 0 aromatic heterocycles. The zero-order valence-electron chi connectivity index (χ0n) is 8.36. The van der Waals surface area contributed by atoms with Crippen LogP contribution in [-0.2, 0) is 9.53 Å². The van der Waals surface area contributed by atoms with Crippen LogP contribution in [0.3, 0.4) is 0 Å². The van der Waals surface area contributed by atoms with E-state index in [1.165, 1.54) is 0 Å². The van der Waals surface area contributed by atoms with Crippen molar-refractivity contribution in [2.24, 2.45) is 0 Å². The minimum absolute atomic E-state index is 0.447. The number of methoxy groups -OCH3 is 1. The van der Waals surface area contributed by atoms with E-state index >= 15 is 0 Å². The van der Waals surface area contributed by atoms with Gasteiger partial charge in [-0.05, 0) is 6.08 Å². The van der Waals surface area contributed by atoms with E-state index in [0.29, 0.717) is 12.2 Å². The van der Waals surface area contributed by atoms with E-state index in [9.17, 15) is 26.7 Å². The molecule has 0 aliphatic heterocycles. The summed E-state index contributed by atoms with van der Waals surface area (Å²) in [7, 11) is 0.991. The highest BCUT2D eigenvalue weighted by atomic mass is 19.2. The molecule has 7 heteroatoms. The molecule has 1 rings (SSSR count). The molecule has 0 unspecified atom stereocenters. The Morgan fingerprint density at radius 1 is 0.941 bits per heavy atom. The number of benzene rings is 1. The Labute approximate surface area is 92.3 Å². The molecule has 1 aromatic rings. The minimum atomic E-state index is -2.25. The SMILES string of the molecule is COC(=O)/C=C/c1c(F)c(F)c(F)c(F)c1F. The first-order valence-corrected chi connectivity index (χ1v) is 4.17. The molecule has 0 amide bonds. The molecular weight excluding hydrogens is 247 g/mol. The summed E-state index contributed by atoms with van der Waals surface area (Å²) in [5.74, 6) is -11.4. The standard InChI is InChI=1S/C10H5F5O2/c1-17-5(16)3-2-4-6(11)8(13)10(15)9(14)7(4)12/h2-3H,1H3/b3-2+. The van der Waals surface area contributed by atoms with E-state index in [-0.39, 0.29) is 0 Å². The third-order valence-electron chi connectivity index (χ3n) is 1.83. The second kappa shape index (κ2) is 4.94. The molecular formula is C10H5F5O2. The van der Waals surface area contributed by atoms with Crippen LogP contribution >= 0.6 is 0 Å². The zero-order valence-corrected chi connectivity index (χ0v) is 8.36. The summed E-state index contributed by atoms with van der Waals surface area (Å²) < 4.78 is 68.2. The lowest BCUT2D eigenvalue weighted by Crippen LogP contribution is -2.04. The van der Waals surface area contributed by atoms with Crippen molar-refractivity contribution in [3.05, 3.63) is 40.7 Å². The van der Waals surface area contributed by atoms with Crippen molar-refractivity contribution in [3.63, 3.8) is 0 Å². The molecule has 0 fully saturated rings. The molecule has 0 atom stereocenters. The Balaban J connectivity index is 3.35. The molecule has 2 nitrogen and oxygen atoms in total. The summed E-state index contributed by atoms with van der Waals surface area (Å²) in [4.78, 5) is 10.6. The first-order valence-electron chi connectivity index (χ1n) is 4.17. The fourth-order valence-corrected chi connectivity index (χ4v) is 0.988. The van der Waals surface area contributed by atoms with E-state index in [1.54, 1.807) is 0 Å². The van der Waals surface area contributed by atoms with Gasteiger partial charge in [0.1, 0.15) is 0 Å². The average molecular weight is 252 g/mol. The lowest BCUT2D eigenvalue weighted by Gasteiger charge is -2.03. The molecule has 17 heavy (non-hydrogen) atoms. The number of hydrogen-bond acceptors (Lipinski definition) is 2. The van der Waals surface area contributed by atoms with Gasteiger partial charge in [-0.2, -0.15) is 0 Å². The molecule has 0 bridgehead atoms. The number of carbonyl (C=O) groups excluding carboxylic acids is 1. The van der Waals surface area contributed by atoms with Crippen LogP contribution in [0.25, 0.3) is 6.08 Å². The van der Waals surface area contributed by atoms with Gasteiger partial charge in [-0.25, -0.2) is 26.7 Å². The lowest BCUT2D eigenvalue weighted by atomic mass is 10.1. The molecule has 0 aliphatic carbocycles. The van der Waals surface area contributed by atoms with E-state index < -0.39 is 40.6 Å². The van der Waals surface area contributed by atoms with E-state index in [0.717, 1.165) is 7.11 Å². The summed E-state index contributed by atoms with van der Waals surface area (Å²) in [6.45, 7) is 0.